The van der Waals surface area contributed by atoms with Gasteiger partial charge in [-0.3, -0.25) is 9.59 Å². The van der Waals surface area contributed by atoms with E-state index in [4.69, 9.17) is 10.6 Å². The quantitative estimate of drug-likeness (QED) is 0.220. The van der Waals surface area contributed by atoms with Gasteiger partial charge in [0, 0.05) is 0 Å². The Balaban J connectivity index is 2.08. The van der Waals surface area contributed by atoms with Crippen LogP contribution in [0.4, 0.5) is 0 Å². The number of amides is 2. The first-order valence-electron chi connectivity index (χ1n) is 4.16. The van der Waals surface area contributed by atoms with Crippen LogP contribution in [0.5, 0.6) is 0 Å². The van der Waals surface area contributed by atoms with E-state index in [9.17, 15) is 9.59 Å². The third-order valence-electron chi connectivity index (χ3n) is 2.94. The molecule has 2 amide bonds. The van der Waals surface area contributed by atoms with Gasteiger partial charge in [0.15, 0.2) is 0 Å². The number of fused-ring (bicyclic) bond motifs is 5. The third kappa shape index (κ3) is 0.653. The number of hydrogen-bond acceptors (Lipinski definition) is 4. The number of hydrogen-bond donors (Lipinski definition) is 1. The van der Waals surface area contributed by atoms with E-state index in [0.717, 1.165) is 5.01 Å². The van der Waals surface area contributed by atoms with E-state index >= 15 is 0 Å². The van der Waals surface area contributed by atoms with Gasteiger partial charge >= 0.3 is 0 Å². The second kappa shape index (κ2) is 2.00. The molecule has 5 heteroatoms. The van der Waals surface area contributed by atoms with Crippen molar-refractivity contribution in [2.24, 2.45) is 17.7 Å². The lowest BCUT2D eigenvalue weighted by Crippen LogP contribution is -2.39. The van der Waals surface area contributed by atoms with Gasteiger partial charge in [-0.05, 0) is 0 Å². The van der Waals surface area contributed by atoms with Crippen LogP contribution in [0.3, 0.4) is 0 Å². The van der Waals surface area contributed by atoms with E-state index in [0.29, 0.717) is 0 Å². The van der Waals surface area contributed by atoms with Gasteiger partial charge in [0.1, 0.15) is 0 Å². The summed E-state index contributed by atoms with van der Waals surface area (Å²) in [5.74, 6) is 3.95. The highest BCUT2D eigenvalue weighted by Gasteiger charge is 2.60. The van der Waals surface area contributed by atoms with Gasteiger partial charge in [-0.1, -0.05) is 12.2 Å². The average Bonchev–Trinajstić information content (AvgIpc) is 2.76. The zero-order chi connectivity index (χ0) is 9.16. The van der Waals surface area contributed by atoms with Gasteiger partial charge in [-0.15, -0.1) is 0 Å². The van der Waals surface area contributed by atoms with Crippen molar-refractivity contribution in [1.29, 1.82) is 0 Å². The van der Waals surface area contributed by atoms with Gasteiger partial charge in [0.25, 0.3) is 11.8 Å². The van der Waals surface area contributed by atoms with Crippen molar-refractivity contribution < 1.29 is 14.3 Å². The number of rotatable bonds is 0. The predicted molar refractivity (Wildman–Crippen MR) is 40.8 cm³/mol. The molecule has 68 valence electrons. The standard InChI is InChI=1S/C8H8N2O3/c9-10-7(11)5-3-1-2-4(13-3)6(5)8(10)12/h1-6H,9H2/t3-,4+,5-,6+. The fourth-order valence-corrected chi connectivity index (χ4v) is 2.33. The Bertz CT molecular complexity index is 308. The average molecular weight is 180 g/mol. The molecule has 0 aromatic rings. The summed E-state index contributed by atoms with van der Waals surface area (Å²) in [6.45, 7) is 0. The molecule has 0 spiro atoms. The summed E-state index contributed by atoms with van der Waals surface area (Å²) in [6, 6.07) is 0. The third-order valence-corrected chi connectivity index (χ3v) is 2.94. The van der Waals surface area contributed by atoms with Gasteiger partial charge in [0.05, 0.1) is 24.0 Å². The summed E-state index contributed by atoms with van der Waals surface area (Å²) in [6.07, 6.45) is 3.19. The lowest BCUT2D eigenvalue weighted by molar-refractivity contribution is -0.142. The highest BCUT2D eigenvalue weighted by molar-refractivity contribution is 6.06. The molecule has 2 saturated heterocycles. The highest BCUT2D eigenvalue weighted by Crippen LogP contribution is 2.43. The molecule has 0 saturated carbocycles. The molecule has 0 unspecified atom stereocenters. The lowest BCUT2D eigenvalue weighted by Gasteiger charge is -2.10. The van der Waals surface area contributed by atoms with Crippen LogP contribution in [-0.2, 0) is 14.3 Å². The molecule has 0 aromatic heterocycles. The van der Waals surface area contributed by atoms with E-state index in [-0.39, 0.29) is 35.9 Å². The summed E-state index contributed by atoms with van der Waals surface area (Å²) in [5, 5.41) is 0.727. The van der Waals surface area contributed by atoms with Crippen molar-refractivity contribution in [1.82, 2.24) is 5.01 Å². The molecule has 0 radical (unpaired) electrons. The molecule has 2 bridgehead atoms. The molecule has 0 aromatic carbocycles. The molecule has 0 aliphatic carbocycles. The van der Waals surface area contributed by atoms with Crippen LogP contribution >= 0.6 is 0 Å². The fourth-order valence-electron chi connectivity index (χ4n) is 2.33. The van der Waals surface area contributed by atoms with Crippen molar-refractivity contribution >= 4 is 11.8 Å². The molecule has 5 nitrogen and oxygen atoms in total. The number of nitrogens with two attached hydrogens (primary N) is 1. The number of hydrazine groups is 1. The van der Waals surface area contributed by atoms with Crippen molar-refractivity contribution in [2.45, 2.75) is 12.2 Å². The summed E-state index contributed by atoms with van der Waals surface area (Å²) < 4.78 is 5.39. The van der Waals surface area contributed by atoms with Crippen molar-refractivity contribution in [3.05, 3.63) is 12.2 Å². The summed E-state index contributed by atoms with van der Waals surface area (Å²) >= 11 is 0. The summed E-state index contributed by atoms with van der Waals surface area (Å²) in [7, 11) is 0. The Labute approximate surface area is 74.1 Å². The SMILES string of the molecule is NN1C(=O)[C@@H]2[C@H](C1=O)[C@H]1C=C[C@@H]2O1. The predicted octanol–water partition coefficient (Wildman–Crippen LogP) is -1.20. The minimum atomic E-state index is -0.368. The molecular formula is C8H8N2O3. The molecule has 3 rings (SSSR count). The number of carbonyl (C=O) groups excluding carboxylic acids is 2. The smallest absolute Gasteiger partial charge is 0.250 e. The van der Waals surface area contributed by atoms with Gasteiger partial charge in [-0.25, -0.2) is 10.9 Å². The first-order valence-corrected chi connectivity index (χ1v) is 4.16. The minimum absolute atomic E-state index is 0.236. The number of imide groups is 1. The Morgan fingerprint density at radius 2 is 1.62 bits per heavy atom. The zero-order valence-corrected chi connectivity index (χ0v) is 6.71. The van der Waals surface area contributed by atoms with Crippen molar-refractivity contribution in [3.8, 4) is 0 Å². The Morgan fingerprint density at radius 1 is 1.15 bits per heavy atom. The topological polar surface area (TPSA) is 72.6 Å². The van der Waals surface area contributed by atoms with E-state index < -0.39 is 0 Å². The molecule has 13 heavy (non-hydrogen) atoms. The first kappa shape index (κ1) is 7.23. The van der Waals surface area contributed by atoms with E-state index in [1.54, 1.807) is 0 Å². The van der Waals surface area contributed by atoms with Gasteiger partial charge < -0.3 is 4.74 Å². The monoisotopic (exact) mass is 180 g/mol. The Hall–Kier alpha value is -1.20. The fraction of sp³-hybridized carbons (Fsp3) is 0.500. The van der Waals surface area contributed by atoms with Crippen LogP contribution in [0.15, 0.2) is 12.2 Å². The van der Waals surface area contributed by atoms with Crippen LogP contribution in [0.2, 0.25) is 0 Å². The van der Waals surface area contributed by atoms with Crippen LogP contribution in [0, 0.1) is 11.8 Å². The van der Waals surface area contributed by atoms with E-state index in [1.807, 2.05) is 12.2 Å². The molecule has 4 atom stereocenters. The maximum absolute atomic E-state index is 11.5. The lowest BCUT2D eigenvalue weighted by atomic mass is 9.85. The number of ether oxygens (including phenoxy) is 1. The molecular weight excluding hydrogens is 172 g/mol. The first-order chi connectivity index (χ1) is 6.20. The maximum Gasteiger partial charge on any atom is 0.250 e. The number of carbonyl (C=O) groups is 2. The molecule has 2 N–H and O–H groups in total. The van der Waals surface area contributed by atoms with Gasteiger partial charge in [0.2, 0.25) is 0 Å². The normalized spacial score (nSPS) is 46.4. The maximum atomic E-state index is 11.5. The zero-order valence-electron chi connectivity index (χ0n) is 6.71. The number of nitrogens with zero attached hydrogens (tertiary/aromatic N) is 1. The van der Waals surface area contributed by atoms with E-state index in [1.165, 1.54) is 0 Å². The molecule has 3 aliphatic heterocycles. The summed E-state index contributed by atoms with van der Waals surface area (Å²) in [5.41, 5.74) is 0. The second-order valence-corrected chi connectivity index (χ2v) is 3.55. The molecule has 3 heterocycles. The highest BCUT2D eigenvalue weighted by atomic mass is 16.5. The molecule has 3 aliphatic rings. The molecule has 2 fully saturated rings. The van der Waals surface area contributed by atoms with Crippen LogP contribution in [-0.4, -0.2) is 29.0 Å². The Kier molecular flexibility index (Phi) is 1.11. The van der Waals surface area contributed by atoms with Gasteiger partial charge in [-0.2, -0.15) is 0 Å². The largest absolute Gasteiger partial charge is 0.365 e. The van der Waals surface area contributed by atoms with E-state index in [2.05, 4.69) is 0 Å². The van der Waals surface area contributed by atoms with Crippen molar-refractivity contribution in [2.75, 3.05) is 0 Å². The van der Waals surface area contributed by atoms with Crippen LogP contribution in [0.25, 0.3) is 0 Å². The minimum Gasteiger partial charge on any atom is -0.365 e. The summed E-state index contributed by atoms with van der Waals surface area (Å²) in [4.78, 5) is 22.9. The van der Waals surface area contributed by atoms with Crippen LogP contribution < -0.4 is 5.84 Å². The Morgan fingerprint density at radius 3 is 2.08 bits per heavy atom. The van der Waals surface area contributed by atoms with Crippen molar-refractivity contribution in [3.63, 3.8) is 0 Å². The van der Waals surface area contributed by atoms with Crippen LogP contribution in [0.1, 0.15) is 0 Å². The second-order valence-electron chi connectivity index (χ2n) is 3.55.